The summed E-state index contributed by atoms with van der Waals surface area (Å²) < 4.78 is 11.3. The van der Waals surface area contributed by atoms with Gasteiger partial charge in [0.15, 0.2) is 5.69 Å². The molecule has 0 aliphatic carbocycles. The second kappa shape index (κ2) is 9.46. The molecule has 1 unspecified atom stereocenters. The van der Waals surface area contributed by atoms with Crippen LogP contribution in [0.25, 0.3) is 11.3 Å². The molecule has 2 amide bonds. The van der Waals surface area contributed by atoms with E-state index < -0.39 is 5.60 Å². The Morgan fingerprint density at radius 3 is 2.55 bits per heavy atom. The molecule has 2 heterocycles. The summed E-state index contributed by atoms with van der Waals surface area (Å²) >= 11 is 0. The monoisotopic (exact) mass is 448 g/mol. The van der Waals surface area contributed by atoms with Crippen LogP contribution < -0.4 is 5.32 Å². The topological polar surface area (TPSA) is 96.5 Å². The molecule has 4 rings (SSSR count). The molecule has 172 valence electrons. The van der Waals surface area contributed by atoms with E-state index in [1.807, 2.05) is 75.4 Å². The highest BCUT2D eigenvalue weighted by Gasteiger charge is 2.29. The van der Waals surface area contributed by atoms with Gasteiger partial charge in [-0.05, 0) is 50.1 Å². The van der Waals surface area contributed by atoms with Gasteiger partial charge in [-0.2, -0.15) is 5.10 Å². The van der Waals surface area contributed by atoms with Crippen molar-refractivity contribution in [3.63, 3.8) is 0 Å². The van der Waals surface area contributed by atoms with Crippen LogP contribution in [-0.2, 0) is 9.47 Å². The normalized spacial score (nSPS) is 16.3. The first-order valence-corrected chi connectivity index (χ1v) is 10.9. The summed E-state index contributed by atoms with van der Waals surface area (Å²) in [4.78, 5) is 26.6. The van der Waals surface area contributed by atoms with E-state index in [-0.39, 0.29) is 18.1 Å². The first kappa shape index (κ1) is 22.5. The highest BCUT2D eigenvalue weighted by atomic mass is 16.6. The number of nitrogens with one attached hydrogen (secondary N) is 2. The number of carbonyl (C=O) groups is 2. The van der Waals surface area contributed by atoms with E-state index in [1.165, 1.54) is 0 Å². The summed E-state index contributed by atoms with van der Waals surface area (Å²) in [5, 5.41) is 9.88. The molecule has 2 aromatic carbocycles. The average Bonchev–Trinajstić information content (AvgIpc) is 3.30. The Morgan fingerprint density at radius 2 is 1.85 bits per heavy atom. The van der Waals surface area contributed by atoms with Gasteiger partial charge >= 0.3 is 6.09 Å². The number of hydrogen-bond acceptors (Lipinski definition) is 5. The number of nitrogens with zero attached hydrogens (tertiary/aromatic N) is 2. The van der Waals surface area contributed by atoms with Gasteiger partial charge in [-0.1, -0.05) is 42.5 Å². The number of anilines is 1. The van der Waals surface area contributed by atoms with Crippen LogP contribution in [-0.4, -0.2) is 52.4 Å². The van der Waals surface area contributed by atoms with Crippen LogP contribution in [0.3, 0.4) is 0 Å². The number of H-pyrrole nitrogens is 1. The molecule has 1 atom stereocenters. The maximum atomic E-state index is 12.6. The van der Waals surface area contributed by atoms with Crippen molar-refractivity contribution in [2.75, 3.05) is 25.0 Å². The molecule has 0 saturated carbocycles. The number of aromatic nitrogens is 2. The molecule has 1 aliphatic rings. The van der Waals surface area contributed by atoms with E-state index >= 15 is 0 Å². The molecular weight excluding hydrogens is 420 g/mol. The largest absolute Gasteiger partial charge is 0.444 e. The lowest BCUT2D eigenvalue weighted by Crippen LogP contribution is -2.44. The van der Waals surface area contributed by atoms with Gasteiger partial charge in [0.1, 0.15) is 11.7 Å². The van der Waals surface area contributed by atoms with Crippen molar-refractivity contribution in [3.8, 4) is 11.3 Å². The number of aromatic amines is 1. The van der Waals surface area contributed by atoms with Gasteiger partial charge in [0, 0.05) is 12.2 Å². The van der Waals surface area contributed by atoms with Crippen molar-refractivity contribution < 1.29 is 19.1 Å². The standard InChI is InChI=1S/C25H28N4O4/c1-25(2,3)33-24(31)29-13-14-32-22(16-29)18-9-11-19(12-10-18)26-23(30)21-15-20(27-28-21)17-7-5-4-6-8-17/h4-12,15,22H,13-14,16H2,1-3H3,(H,26,30)(H,27,28). The fraction of sp³-hybridized carbons (Fsp3) is 0.320. The van der Waals surface area contributed by atoms with E-state index in [0.717, 1.165) is 16.8 Å². The zero-order chi connectivity index (χ0) is 23.4. The second-order valence-electron chi connectivity index (χ2n) is 8.89. The minimum Gasteiger partial charge on any atom is -0.444 e. The van der Waals surface area contributed by atoms with Crippen molar-refractivity contribution in [1.29, 1.82) is 0 Å². The SMILES string of the molecule is CC(C)(C)OC(=O)N1CCOC(c2ccc(NC(=O)c3cc(-c4ccccc4)[nH]n3)cc2)C1. The van der Waals surface area contributed by atoms with Gasteiger partial charge in [-0.25, -0.2) is 4.79 Å². The molecule has 0 radical (unpaired) electrons. The van der Waals surface area contributed by atoms with E-state index in [0.29, 0.717) is 31.1 Å². The number of ether oxygens (including phenoxy) is 2. The second-order valence-corrected chi connectivity index (χ2v) is 8.89. The van der Waals surface area contributed by atoms with Gasteiger partial charge in [-0.15, -0.1) is 0 Å². The van der Waals surface area contributed by atoms with Crippen LogP contribution in [0.15, 0.2) is 60.7 Å². The predicted molar refractivity (Wildman–Crippen MR) is 125 cm³/mol. The Morgan fingerprint density at radius 1 is 1.12 bits per heavy atom. The smallest absolute Gasteiger partial charge is 0.410 e. The molecule has 3 aromatic rings. The number of morpholine rings is 1. The van der Waals surface area contributed by atoms with Gasteiger partial charge in [0.25, 0.3) is 5.91 Å². The molecule has 2 N–H and O–H groups in total. The van der Waals surface area contributed by atoms with Crippen LogP contribution >= 0.6 is 0 Å². The highest BCUT2D eigenvalue weighted by molar-refractivity contribution is 6.03. The highest BCUT2D eigenvalue weighted by Crippen LogP contribution is 2.25. The molecular formula is C25H28N4O4. The Balaban J connectivity index is 1.37. The third-order valence-electron chi connectivity index (χ3n) is 5.15. The molecule has 8 nitrogen and oxygen atoms in total. The zero-order valence-corrected chi connectivity index (χ0v) is 19.0. The van der Waals surface area contributed by atoms with E-state index in [2.05, 4.69) is 15.5 Å². The molecule has 1 aromatic heterocycles. The van der Waals surface area contributed by atoms with Crippen LogP contribution in [0, 0.1) is 0 Å². The van der Waals surface area contributed by atoms with Crippen LogP contribution in [0.4, 0.5) is 10.5 Å². The number of amides is 2. The maximum absolute atomic E-state index is 12.6. The summed E-state index contributed by atoms with van der Waals surface area (Å²) in [7, 11) is 0. The first-order valence-electron chi connectivity index (χ1n) is 10.9. The van der Waals surface area contributed by atoms with Crippen LogP contribution in [0.2, 0.25) is 0 Å². The van der Waals surface area contributed by atoms with E-state index in [9.17, 15) is 9.59 Å². The maximum Gasteiger partial charge on any atom is 0.410 e. The average molecular weight is 449 g/mol. The van der Waals surface area contributed by atoms with Gasteiger partial charge < -0.3 is 19.7 Å². The molecule has 1 aliphatic heterocycles. The van der Waals surface area contributed by atoms with Gasteiger partial charge in [-0.3, -0.25) is 9.89 Å². The van der Waals surface area contributed by atoms with Crippen molar-refractivity contribution in [2.45, 2.75) is 32.5 Å². The van der Waals surface area contributed by atoms with Gasteiger partial charge in [0.2, 0.25) is 0 Å². The van der Waals surface area contributed by atoms with Crippen LogP contribution in [0.1, 0.15) is 42.9 Å². The minimum absolute atomic E-state index is 0.254. The molecule has 0 bridgehead atoms. The third kappa shape index (κ3) is 5.78. The number of rotatable bonds is 4. The lowest BCUT2D eigenvalue weighted by Gasteiger charge is -2.34. The molecule has 8 heteroatoms. The molecule has 1 saturated heterocycles. The number of benzene rings is 2. The lowest BCUT2D eigenvalue weighted by atomic mass is 10.1. The molecule has 33 heavy (non-hydrogen) atoms. The summed E-state index contributed by atoms with van der Waals surface area (Å²) in [6.45, 7) is 6.89. The van der Waals surface area contributed by atoms with Crippen molar-refractivity contribution in [3.05, 3.63) is 71.9 Å². The summed E-state index contributed by atoms with van der Waals surface area (Å²) in [6, 6.07) is 18.8. The Bertz CT molecular complexity index is 1100. The first-order chi connectivity index (χ1) is 15.8. The lowest BCUT2D eigenvalue weighted by molar-refractivity contribution is -0.0432. The van der Waals surface area contributed by atoms with Crippen molar-refractivity contribution in [2.24, 2.45) is 0 Å². The minimum atomic E-state index is -0.541. The summed E-state index contributed by atoms with van der Waals surface area (Å²) in [6.07, 6.45) is -0.593. The van der Waals surface area contributed by atoms with Crippen molar-refractivity contribution >= 4 is 17.7 Å². The van der Waals surface area contributed by atoms with E-state index in [1.54, 1.807) is 11.0 Å². The number of hydrogen-bond donors (Lipinski definition) is 2. The van der Waals surface area contributed by atoms with Crippen LogP contribution in [0.5, 0.6) is 0 Å². The number of carbonyl (C=O) groups excluding carboxylic acids is 2. The Labute approximate surface area is 192 Å². The van der Waals surface area contributed by atoms with Crippen molar-refractivity contribution in [1.82, 2.24) is 15.1 Å². The van der Waals surface area contributed by atoms with E-state index in [4.69, 9.17) is 9.47 Å². The Kier molecular flexibility index (Phi) is 6.46. The zero-order valence-electron chi connectivity index (χ0n) is 19.0. The quantitative estimate of drug-likeness (QED) is 0.606. The summed E-state index contributed by atoms with van der Waals surface area (Å²) in [5.74, 6) is -0.300. The Hall–Kier alpha value is -3.65. The van der Waals surface area contributed by atoms with Gasteiger partial charge in [0.05, 0.1) is 18.8 Å². The fourth-order valence-electron chi connectivity index (χ4n) is 3.52. The molecule has 1 fully saturated rings. The predicted octanol–water partition coefficient (Wildman–Crippen LogP) is 4.64. The third-order valence-corrected chi connectivity index (χ3v) is 5.15. The summed E-state index contributed by atoms with van der Waals surface area (Å²) in [5.41, 5.74) is 3.07. The molecule has 0 spiro atoms. The fourth-order valence-corrected chi connectivity index (χ4v) is 3.52.